The average Bonchev–Trinajstić information content (AvgIpc) is 3.42. The third-order valence-electron chi connectivity index (χ3n) is 7.42. The van der Waals surface area contributed by atoms with Gasteiger partial charge in [0.1, 0.15) is 12.2 Å². The molecule has 0 amide bonds. The van der Waals surface area contributed by atoms with Crippen molar-refractivity contribution in [1.29, 1.82) is 0 Å². The Morgan fingerprint density at radius 3 is 2.03 bits per heavy atom. The van der Waals surface area contributed by atoms with Gasteiger partial charge in [-0.1, -0.05) is 35.4 Å². The molecule has 0 saturated heterocycles. The quantitative estimate of drug-likeness (QED) is 0.664. The Hall–Kier alpha value is -2.62. The number of hydrogen-bond acceptors (Lipinski definition) is 4. The first-order valence-corrected chi connectivity index (χ1v) is 11.0. The largest absolute Gasteiger partial charge is 0.455 e. The Balaban J connectivity index is 1.38. The Bertz CT molecular complexity index is 981. The molecule has 0 spiro atoms. The highest BCUT2D eigenvalue weighted by atomic mass is 16.6. The summed E-state index contributed by atoms with van der Waals surface area (Å²) >= 11 is 0. The highest BCUT2D eigenvalue weighted by Gasteiger charge is 2.59. The zero-order valence-electron chi connectivity index (χ0n) is 17.5. The fraction of sp³-hybridized carbons (Fsp3) is 0.462. The second-order valence-corrected chi connectivity index (χ2v) is 9.36. The van der Waals surface area contributed by atoms with Crippen LogP contribution in [0.4, 0.5) is 0 Å². The molecule has 3 aliphatic rings. The Kier molecular flexibility index (Phi) is 4.88. The van der Waals surface area contributed by atoms with Crippen molar-refractivity contribution < 1.29 is 19.1 Å². The van der Waals surface area contributed by atoms with Crippen molar-refractivity contribution in [1.82, 2.24) is 0 Å². The molecule has 0 radical (unpaired) electrons. The molecule has 4 heteroatoms. The number of hydrogen-bond donors (Lipinski definition) is 0. The van der Waals surface area contributed by atoms with Gasteiger partial charge in [-0.15, -0.1) is 0 Å². The lowest BCUT2D eigenvalue weighted by molar-refractivity contribution is -0.0416. The molecule has 156 valence electrons. The van der Waals surface area contributed by atoms with Crippen LogP contribution in [0.2, 0.25) is 0 Å². The molecule has 0 heterocycles. The number of carbonyl (C=O) groups is 2. The van der Waals surface area contributed by atoms with Crippen LogP contribution in [-0.2, 0) is 9.47 Å². The monoisotopic (exact) mass is 404 g/mol. The molecule has 6 unspecified atom stereocenters. The van der Waals surface area contributed by atoms with Crippen LogP contribution < -0.4 is 0 Å². The van der Waals surface area contributed by atoms with E-state index >= 15 is 0 Å². The van der Waals surface area contributed by atoms with E-state index in [0.29, 0.717) is 34.8 Å². The summed E-state index contributed by atoms with van der Waals surface area (Å²) < 4.78 is 12.0. The molecular formula is C26H28O4. The van der Waals surface area contributed by atoms with Gasteiger partial charge >= 0.3 is 11.9 Å². The van der Waals surface area contributed by atoms with Crippen LogP contribution in [0, 0.1) is 37.5 Å². The molecule has 2 aromatic carbocycles. The van der Waals surface area contributed by atoms with E-state index in [4.69, 9.17) is 9.47 Å². The maximum Gasteiger partial charge on any atom is 0.338 e. The van der Waals surface area contributed by atoms with E-state index < -0.39 is 0 Å². The fourth-order valence-electron chi connectivity index (χ4n) is 6.18. The van der Waals surface area contributed by atoms with Crippen LogP contribution in [0.15, 0.2) is 48.5 Å². The SMILES string of the molecule is Cc1cccc(C(=O)OC2CC3C4CCC(C4)C3C2OC(=O)c2cccc(C)c2)c1. The number of fused-ring (bicyclic) bond motifs is 5. The lowest BCUT2D eigenvalue weighted by Crippen LogP contribution is -2.37. The summed E-state index contributed by atoms with van der Waals surface area (Å²) in [6.07, 6.45) is 3.75. The molecule has 3 aliphatic carbocycles. The van der Waals surface area contributed by atoms with Crippen LogP contribution in [0.1, 0.15) is 57.5 Å². The standard InChI is InChI=1S/C26H28O4/c1-15-5-3-7-19(11-15)25(27)29-22-14-21-17-9-10-18(13-17)23(21)24(22)30-26(28)20-8-4-6-16(2)12-20/h3-8,11-12,17-18,21-24H,9-10,13-14H2,1-2H3. The Morgan fingerprint density at radius 1 is 0.800 bits per heavy atom. The van der Waals surface area contributed by atoms with Crippen molar-refractivity contribution in [3.8, 4) is 0 Å². The van der Waals surface area contributed by atoms with Crippen molar-refractivity contribution >= 4 is 11.9 Å². The van der Waals surface area contributed by atoms with E-state index in [2.05, 4.69) is 0 Å². The van der Waals surface area contributed by atoms with Gasteiger partial charge in [0.2, 0.25) is 0 Å². The molecule has 3 fully saturated rings. The van der Waals surface area contributed by atoms with Crippen LogP contribution in [0.25, 0.3) is 0 Å². The van der Waals surface area contributed by atoms with Gasteiger partial charge in [-0.25, -0.2) is 9.59 Å². The predicted octanol–water partition coefficient (Wildman–Crippen LogP) is 5.12. The highest BCUT2D eigenvalue weighted by molar-refractivity contribution is 5.90. The average molecular weight is 405 g/mol. The van der Waals surface area contributed by atoms with E-state index in [-0.39, 0.29) is 24.1 Å². The van der Waals surface area contributed by atoms with Crippen LogP contribution in [0.3, 0.4) is 0 Å². The van der Waals surface area contributed by atoms with Gasteiger partial charge in [-0.2, -0.15) is 0 Å². The van der Waals surface area contributed by atoms with E-state index in [1.165, 1.54) is 19.3 Å². The third-order valence-corrected chi connectivity index (χ3v) is 7.42. The van der Waals surface area contributed by atoms with Gasteiger partial charge in [-0.3, -0.25) is 0 Å². The summed E-state index contributed by atoms with van der Waals surface area (Å²) in [5.41, 5.74) is 3.16. The summed E-state index contributed by atoms with van der Waals surface area (Å²) in [5.74, 6) is 1.43. The summed E-state index contributed by atoms with van der Waals surface area (Å²) in [6.45, 7) is 3.92. The lowest BCUT2D eigenvalue weighted by Gasteiger charge is -2.29. The van der Waals surface area contributed by atoms with Crippen molar-refractivity contribution in [2.45, 2.75) is 51.7 Å². The molecule has 2 bridgehead atoms. The van der Waals surface area contributed by atoms with Crippen LogP contribution in [-0.4, -0.2) is 24.1 Å². The summed E-state index contributed by atoms with van der Waals surface area (Å²) in [4.78, 5) is 25.8. The zero-order valence-corrected chi connectivity index (χ0v) is 17.5. The minimum atomic E-state index is -0.370. The molecule has 0 N–H and O–H groups in total. The van der Waals surface area contributed by atoms with Gasteiger partial charge in [0, 0.05) is 5.92 Å². The summed E-state index contributed by atoms with van der Waals surface area (Å²) in [5, 5.41) is 0. The zero-order chi connectivity index (χ0) is 20.8. The molecule has 6 atom stereocenters. The number of rotatable bonds is 4. The molecule has 4 nitrogen and oxygen atoms in total. The van der Waals surface area contributed by atoms with Crippen molar-refractivity contribution in [2.75, 3.05) is 0 Å². The van der Waals surface area contributed by atoms with E-state index in [0.717, 1.165) is 17.5 Å². The van der Waals surface area contributed by atoms with Crippen molar-refractivity contribution in [2.24, 2.45) is 23.7 Å². The number of carbonyl (C=O) groups excluding carboxylic acids is 2. The second-order valence-electron chi connectivity index (χ2n) is 9.36. The van der Waals surface area contributed by atoms with Gasteiger partial charge in [0.25, 0.3) is 0 Å². The van der Waals surface area contributed by atoms with E-state index in [1.54, 1.807) is 12.1 Å². The normalized spacial score (nSPS) is 31.4. The number of ether oxygens (including phenoxy) is 2. The topological polar surface area (TPSA) is 52.6 Å². The van der Waals surface area contributed by atoms with Gasteiger partial charge in [0.05, 0.1) is 11.1 Å². The molecule has 30 heavy (non-hydrogen) atoms. The summed E-state index contributed by atoms with van der Waals surface area (Å²) in [7, 11) is 0. The molecule has 0 aliphatic heterocycles. The minimum Gasteiger partial charge on any atom is -0.455 e. The summed E-state index contributed by atoms with van der Waals surface area (Å²) in [6, 6.07) is 14.9. The molecule has 2 aromatic rings. The Labute approximate surface area is 177 Å². The number of esters is 2. The maximum atomic E-state index is 12.9. The van der Waals surface area contributed by atoms with Gasteiger partial charge in [0.15, 0.2) is 0 Å². The second kappa shape index (κ2) is 7.57. The first-order chi connectivity index (χ1) is 14.5. The number of benzene rings is 2. The molecule has 0 aromatic heterocycles. The highest BCUT2D eigenvalue weighted by Crippen LogP contribution is 2.60. The van der Waals surface area contributed by atoms with E-state index in [9.17, 15) is 9.59 Å². The van der Waals surface area contributed by atoms with E-state index in [1.807, 2.05) is 50.2 Å². The van der Waals surface area contributed by atoms with Crippen LogP contribution >= 0.6 is 0 Å². The maximum absolute atomic E-state index is 12.9. The van der Waals surface area contributed by atoms with Crippen molar-refractivity contribution in [3.05, 3.63) is 70.8 Å². The first-order valence-electron chi connectivity index (χ1n) is 11.0. The van der Waals surface area contributed by atoms with Gasteiger partial charge < -0.3 is 9.47 Å². The smallest absolute Gasteiger partial charge is 0.338 e. The third kappa shape index (κ3) is 3.42. The fourth-order valence-corrected chi connectivity index (χ4v) is 6.18. The molecule has 3 saturated carbocycles. The van der Waals surface area contributed by atoms with Crippen molar-refractivity contribution in [3.63, 3.8) is 0 Å². The number of aryl methyl sites for hydroxylation is 2. The Morgan fingerprint density at radius 2 is 1.40 bits per heavy atom. The predicted molar refractivity (Wildman–Crippen MR) is 113 cm³/mol. The molecular weight excluding hydrogens is 376 g/mol. The van der Waals surface area contributed by atoms with Gasteiger partial charge in [-0.05, 0) is 81.5 Å². The first kappa shape index (κ1) is 19.3. The lowest BCUT2D eigenvalue weighted by atomic mass is 9.81. The molecule has 5 rings (SSSR count). The minimum absolute atomic E-state index is 0.313. The van der Waals surface area contributed by atoms with Crippen LogP contribution in [0.5, 0.6) is 0 Å².